The van der Waals surface area contributed by atoms with Gasteiger partial charge in [-0.15, -0.1) is 0 Å². The molecule has 3 N–H and O–H groups in total. The van der Waals surface area contributed by atoms with Gasteiger partial charge in [0.05, 0.1) is 0 Å². The Bertz CT molecular complexity index is 588. The second kappa shape index (κ2) is 9.09. The molecule has 1 aromatic rings. The lowest BCUT2D eigenvalue weighted by Crippen LogP contribution is -2.49. The zero-order valence-corrected chi connectivity index (χ0v) is 14.7. The highest BCUT2D eigenvalue weighted by Crippen LogP contribution is 2.18. The van der Waals surface area contributed by atoms with Crippen molar-refractivity contribution in [2.24, 2.45) is 5.92 Å². The highest BCUT2D eigenvalue weighted by molar-refractivity contribution is 7.80. The van der Waals surface area contributed by atoms with Crippen molar-refractivity contribution >= 4 is 29.1 Å². The van der Waals surface area contributed by atoms with Gasteiger partial charge in [-0.05, 0) is 43.6 Å². The fourth-order valence-electron chi connectivity index (χ4n) is 1.85. The van der Waals surface area contributed by atoms with Crippen molar-refractivity contribution in [3.8, 4) is 5.75 Å². The van der Waals surface area contributed by atoms with E-state index in [4.69, 9.17) is 17.0 Å². The molecule has 0 aliphatic heterocycles. The minimum absolute atomic E-state index is 0.0514. The van der Waals surface area contributed by atoms with Crippen LogP contribution < -0.4 is 20.9 Å². The van der Waals surface area contributed by atoms with Crippen molar-refractivity contribution in [1.29, 1.82) is 0 Å². The second-order valence-electron chi connectivity index (χ2n) is 5.71. The Balaban J connectivity index is 2.31. The van der Waals surface area contributed by atoms with E-state index < -0.39 is 5.91 Å². The molecule has 0 atom stereocenters. The summed E-state index contributed by atoms with van der Waals surface area (Å²) in [6.45, 7) is 7.61. The Labute approximate surface area is 141 Å². The standard InChI is InChI=1S/C16H23N3O3S/c1-10(2)7-14(20)17-16(23)19-18-15(21)9-22-13-6-5-11(3)8-12(13)4/h5-6,8,10H,7,9H2,1-4H3,(H,18,21)(H2,17,19,20,23). The van der Waals surface area contributed by atoms with Gasteiger partial charge in [0.15, 0.2) is 11.7 Å². The molecule has 126 valence electrons. The van der Waals surface area contributed by atoms with E-state index in [1.165, 1.54) is 0 Å². The van der Waals surface area contributed by atoms with Gasteiger partial charge in [0.1, 0.15) is 5.75 Å². The van der Waals surface area contributed by atoms with Crippen LogP contribution in [0.4, 0.5) is 0 Å². The Morgan fingerprint density at radius 3 is 2.48 bits per heavy atom. The molecule has 0 aromatic heterocycles. The molecule has 2 amide bonds. The number of hydrogen-bond donors (Lipinski definition) is 3. The van der Waals surface area contributed by atoms with Crippen molar-refractivity contribution in [1.82, 2.24) is 16.2 Å². The van der Waals surface area contributed by atoms with E-state index in [1.807, 2.05) is 45.9 Å². The van der Waals surface area contributed by atoms with E-state index in [2.05, 4.69) is 16.2 Å². The third kappa shape index (κ3) is 7.60. The van der Waals surface area contributed by atoms with Crippen LogP contribution in [-0.2, 0) is 9.59 Å². The molecule has 0 bridgehead atoms. The molecule has 0 radical (unpaired) electrons. The predicted molar refractivity (Wildman–Crippen MR) is 92.9 cm³/mol. The first-order valence-corrected chi connectivity index (χ1v) is 7.77. The number of thiocarbonyl (C=S) groups is 1. The minimum atomic E-state index is -0.398. The number of hydrogen-bond acceptors (Lipinski definition) is 4. The number of nitrogens with one attached hydrogen (secondary N) is 3. The molecular weight excluding hydrogens is 314 g/mol. The first-order chi connectivity index (χ1) is 10.8. The summed E-state index contributed by atoms with van der Waals surface area (Å²) in [5.74, 6) is 0.292. The summed E-state index contributed by atoms with van der Waals surface area (Å²) >= 11 is 4.92. The van der Waals surface area contributed by atoms with Crippen molar-refractivity contribution in [3.05, 3.63) is 29.3 Å². The molecule has 0 heterocycles. The highest BCUT2D eigenvalue weighted by atomic mass is 32.1. The molecule has 0 fully saturated rings. The summed E-state index contributed by atoms with van der Waals surface area (Å²) in [6.07, 6.45) is 0.367. The van der Waals surface area contributed by atoms with E-state index in [-0.39, 0.29) is 23.5 Å². The van der Waals surface area contributed by atoms with Crippen LogP contribution in [0.5, 0.6) is 5.75 Å². The number of aryl methyl sites for hydroxylation is 2. The van der Waals surface area contributed by atoms with E-state index in [0.29, 0.717) is 12.2 Å². The van der Waals surface area contributed by atoms with Crippen molar-refractivity contribution in [3.63, 3.8) is 0 Å². The van der Waals surface area contributed by atoms with E-state index in [0.717, 1.165) is 11.1 Å². The zero-order valence-electron chi connectivity index (χ0n) is 13.9. The SMILES string of the molecule is Cc1ccc(OCC(=O)NNC(=S)NC(=O)CC(C)C)c(C)c1. The van der Waals surface area contributed by atoms with Gasteiger partial charge in [-0.25, -0.2) is 0 Å². The largest absolute Gasteiger partial charge is 0.483 e. The van der Waals surface area contributed by atoms with Crippen molar-refractivity contribution < 1.29 is 14.3 Å². The van der Waals surface area contributed by atoms with Crippen LogP contribution in [0, 0.1) is 19.8 Å². The first-order valence-electron chi connectivity index (χ1n) is 7.36. The molecule has 1 aromatic carbocycles. The van der Waals surface area contributed by atoms with E-state index >= 15 is 0 Å². The van der Waals surface area contributed by atoms with Gasteiger partial charge in [0, 0.05) is 6.42 Å². The number of hydrazine groups is 1. The molecule has 0 aliphatic carbocycles. The quantitative estimate of drug-likeness (QED) is 0.563. The highest BCUT2D eigenvalue weighted by Gasteiger charge is 2.08. The van der Waals surface area contributed by atoms with Gasteiger partial charge in [0.25, 0.3) is 5.91 Å². The summed E-state index contributed by atoms with van der Waals surface area (Å²) in [4.78, 5) is 23.2. The summed E-state index contributed by atoms with van der Waals surface area (Å²) in [6, 6.07) is 5.71. The lowest BCUT2D eigenvalue weighted by Gasteiger charge is -2.13. The van der Waals surface area contributed by atoms with Crippen molar-refractivity contribution in [2.75, 3.05) is 6.61 Å². The molecule has 0 unspecified atom stereocenters. The topological polar surface area (TPSA) is 79.5 Å². The summed E-state index contributed by atoms with van der Waals surface area (Å²) in [5, 5.41) is 2.53. The number of rotatable bonds is 5. The maximum atomic E-state index is 11.7. The maximum Gasteiger partial charge on any atom is 0.276 e. The molecule has 1 rings (SSSR count). The summed E-state index contributed by atoms with van der Waals surface area (Å²) < 4.78 is 5.44. The molecule has 6 nitrogen and oxygen atoms in total. The van der Waals surface area contributed by atoms with Crippen LogP contribution in [0.3, 0.4) is 0 Å². The normalized spacial score (nSPS) is 10.1. The Morgan fingerprint density at radius 2 is 1.87 bits per heavy atom. The second-order valence-corrected chi connectivity index (χ2v) is 6.11. The Hall–Kier alpha value is -2.15. The molecular formula is C16H23N3O3S. The van der Waals surface area contributed by atoms with Crippen LogP contribution in [0.2, 0.25) is 0 Å². The zero-order chi connectivity index (χ0) is 17.4. The number of carbonyl (C=O) groups excluding carboxylic acids is 2. The number of benzene rings is 1. The van der Waals surface area contributed by atoms with Crippen LogP contribution in [-0.4, -0.2) is 23.5 Å². The van der Waals surface area contributed by atoms with Crippen LogP contribution in [0.25, 0.3) is 0 Å². The average molecular weight is 337 g/mol. The van der Waals surface area contributed by atoms with Gasteiger partial charge in [0.2, 0.25) is 5.91 Å². The van der Waals surface area contributed by atoms with Crippen LogP contribution in [0.15, 0.2) is 18.2 Å². The van der Waals surface area contributed by atoms with Gasteiger partial charge in [-0.3, -0.25) is 20.4 Å². The number of carbonyl (C=O) groups is 2. The van der Waals surface area contributed by atoms with Gasteiger partial charge < -0.3 is 10.1 Å². The minimum Gasteiger partial charge on any atom is -0.483 e. The monoisotopic (exact) mass is 337 g/mol. The van der Waals surface area contributed by atoms with Gasteiger partial charge >= 0.3 is 0 Å². The van der Waals surface area contributed by atoms with Crippen LogP contribution in [0.1, 0.15) is 31.4 Å². The smallest absolute Gasteiger partial charge is 0.276 e. The third-order valence-corrected chi connectivity index (χ3v) is 3.06. The fourth-order valence-corrected chi connectivity index (χ4v) is 2.01. The summed E-state index contributed by atoms with van der Waals surface area (Å²) in [5.41, 5.74) is 6.93. The number of ether oxygens (including phenoxy) is 1. The van der Waals surface area contributed by atoms with Crippen LogP contribution >= 0.6 is 12.2 Å². The molecule has 0 spiro atoms. The summed E-state index contributed by atoms with van der Waals surface area (Å²) in [7, 11) is 0. The molecule has 23 heavy (non-hydrogen) atoms. The van der Waals surface area contributed by atoms with Gasteiger partial charge in [-0.1, -0.05) is 31.5 Å². The molecule has 0 aliphatic rings. The number of amides is 2. The Kier molecular flexibility index (Phi) is 7.47. The molecule has 0 saturated heterocycles. The lowest BCUT2D eigenvalue weighted by molar-refractivity contribution is -0.124. The predicted octanol–water partition coefficient (Wildman–Crippen LogP) is 1.75. The maximum absolute atomic E-state index is 11.7. The third-order valence-electron chi connectivity index (χ3n) is 2.85. The van der Waals surface area contributed by atoms with E-state index in [9.17, 15) is 9.59 Å². The average Bonchev–Trinajstić information content (AvgIpc) is 2.43. The Morgan fingerprint density at radius 1 is 1.17 bits per heavy atom. The van der Waals surface area contributed by atoms with Gasteiger partial charge in [-0.2, -0.15) is 0 Å². The fraction of sp³-hybridized carbons (Fsp3) is 0.438. The lowest BCUT2D eigenvalue weighted by atomic mass is 10.1. The first kappa shape index (κ1) is 18.9. The van der Waals surface area contributed by atoms with E-state index in [1.54, 1.807) is 0 Å². The van der Waals surface area contributed by atoms with Crippen molar-refractivity contribution in [2.45, 2.75) is 34.1 Å². The molecule has 0 saturated carbocycles. The molecule has 7 heteroatoms.